The van der Waals surface area contributed by atoms with E-state index < -0.39 is 48.5 Å². The predicted molar refractivity (Wildman–Crippen MR) is 159 cm³/mol. The van der Waals surface area contributed by atoms with E-state index in [9.17, 15) is 32.3 Å². The molecule has 2 aromatic carbocycles. The van der Waals surface area contributed by atoms with Crippen LogP contribution in [0.5, 0.6) is 0 Å². The average Bonchev–Trinajstić information content (AvgIpc) is 3.02. The van der Waals surface area contributed by atoms with Gasteiger partial charge in [0.1, 0.15) is 18.8 Å². The van der Waals surface area contributed by atoms with Gasteiger partial charge in [0.15, 0.2) is 0 Å². The Bertz CT molecular complexity index is 1420. The third-order valence-corrected chi connectivity index (χ3v) is 8.36. The van der Waals surface area contributed by atoms with Crippen molar-refractivity contribution in [1.29, 1.82) is 0 Å². The molecule has 0 aromatic heterocycles. The largest absolute Gasteiger partial charge is 0.444 e. The second-order valence-corrected chi connectivity index (χ2v) is 11.7. The SMILES string of the molecule is Cc1cc(COC(=O)N2CCC(=O)N3[C@@H]2CN(Cc2ccccc2)C(=O)[C@@H]3CC(=O)NCCN2CCOCC2)cc(C(F)(F)F)c1. The van der Waals surface area contributed by atoms with Crippen molar-refractivity contribution in [2.75, 3.05) is 52.5 Å². The van der Waals surface area contributed by atoms with Crippen molar-refractivity contribution >= 4 is 23.8 Å². The number of nitrogens with one attached hydrogen (secondary N) is 1. The van der Waals surface area contributed by atoms with Gasteiger partial charge < -0.3 is 24.6 Å². The van der Waals surface area contributed by atoms with Crippen molar-refractivity contribution in [3.8, 4) is 0 Å². The maximum Gasteiger partial charge on any atom is 0.416 e. The van der Waals surface area contributed by atoms with Crippen LogP contribution < -0.4 is 5.32 Å². The molecule has 3 aliphatic rings. The van der Waals surface area contributed by atoms with Crippen LogP contribution >= 0.6 is 0 Å². The molecule has 0 unspecified atom stereocenters. The Morgan fingerprint density at radius 1 is 1.02 bits per heavy atom. The average molecular weight is 646 g/mol. The molecule has 3 saturated heterocycles. The summed E-state index contributed by atoms with van der Waals surface area (Å²) in [4.78, 5) is 59.9. The number of hydrogen-bond acceptors (Lipinski definition) is 7. The molecule has 5 rings (SSSR count). The molecule has 3 fully saturated rings. The summed E-state index contributed by atoms with van der Waals surface area (Å²) in [6.07, 6.45) is -6.71. The maximum atomic E-state index is 13.8. The summed E-state index contributed by atoms with van der Waals surface area (Å²) in [7, 11) is 0. The Balaban J connectivity index is 1.32. The van der Waals surface area contributed by atoms with Crippen LogP contribution in [0.15, 0.2) is 48.5 Å². The Morgan fingerprint density at radius 2 is 1.76 bits per heavy atom. The third-order valence-electron chi connectivity index (χ3n) is 8.36. The zero-order chi connectivity index (χ0) is 32.8. The highest BCUT2D eigenvalue weighted by molar-refractivity contribution is 5.94. The highest BCUT2D eigenvalue weighted by atomic mass is 19.4. The Morgan fingerprint density at radius 3 is 2.48 bits per heavy atom. The number of aryl methyl sites for hydroxylation is 1. The summed E-state index contributed by atoms with van der Waals surface area (Å²) in [5, 5.41) is 2.85. The lowest BCUT2D eigenvalue weighted by Gasteiger charge is -2.51. The molecule has 3 aliphatic heterocycles. The normalized spacial score (nSPS) is 20.8. The van der Waals surface area contributed by atoms with Crippen LogP contribution in [0.3, 0.4) is 0 Å². The van der Waals surface area contributed by atoms with Crippen LogP contribution in [0.25, 0.3) is 0 Å². The van der Waals surface area contributed by atoms with E-state index >= 15 is 0 Å². The molecule has 3 heterocycles. The molecule has 1 N–H and O–H groups in total. The fraction of sp³-hybridized carbons (Fsp3) is 0.500. The quantitative estimate of drug-likeness (QED) is 0.447. The Kier molecular flexibility index (Phi) is 10.5. The minimum absolute atomic E-state index is 0.00765. The summed E-state index contributed by atoms with van der Waals surface area (Å²) in [6, 6.07) is 11.5. The fourth-order valence-corrected chi connectivity index (χ4v) is 6.10. The van der Waals surface area contributed by atoms with Crippen LogP contribution in [-0.2, 0) is 43.2 Å². The summed E-state index contributed by atoms with van der Waals surface area (Å²) in [5.74, 6) is -1.19. The molecule has 46 heavy (non-hydrogen) atoms. The number of piperazine rings is 1. The lowest BCUT2D eigenvalue weighted by atomic mass is 10.0. The first-order valence-corrected chi connectivity index (χ1v) is 15.3. The zero-order valence-corrected chi connectivity index (χ0v) is 25.6. The smallest absolute Gasteiger partial charge is 0.416 e. The van der Waals surface area contributed by atoms with E-state index in [0.717, 1.165) is 30.8 Å². The number of nitrogens with zero attached hydrogens (tertiary/aromatic N) is 4. The van der Waals surface area contributed by atoms with Gasteiger partial charge in [-0.2, -0.15) is 13.2 Å². The third kappa shape index (κ3) is 8.15. The van der Waals surface area contributed by atoms with Crippen molar-refractivity contribution in [2.24, 2.45) is 0 Å². The molecular formula is C32H38F3N5O6. The molecule has 0 radical (unpaired) electrons. The molecule has 0 spiro atoms. The van der Waals surface area contributed by atoms with Gasteiger partial charge in [-0.1, -0.05) is 42.0 Å². The molecule has 2 atom stereocenters. The van der Waals surface area contributed by atoms with Crippen LogP contribution in [0.1, 0.15) is 35.1 Å². The molecule has 0 aliphatic carbocycles. The van der Waals surface area contributed by atoms with Gasteiger partial charge in [-0.3, -0.25) is 24.2 Å². The number of ether oxygens (including phenoxy) is 2. The van der Waals surface area contributed by atoms with E-state index in [4.69, 9.17) is 9.47 Å². The monoisotopic (exact) mass is 645 g/mol. The van der Waals surface area contributed by atoms with E-state index in [0.29, 0.717) is 31.9 Å². The molecular weight excluding hydrogens is 607 g/mol. The highest BCUT2D eigenvalue weighted by Crippen LogP contribution is 2.32. The summed E-state index contributed by atoms with van der Waals surface area (Å²) >= 11 is 0. The molecule has 0 saturated carbocycles. The number of amides is 4. The topological polar surface area (TPSA) is 112 Å². The number of carbonyl (C=O) groups excluding carboxylic acids is 4. The van der Waals surface area contributed by atoms with Gasteiger partial charge in [-0.05, 0) is 30.2 Å². The van der Waals surface area contributed by atoms with Gasteiger partial charge in [0, 0.05) is 45.7 Å². The standard InChI is InChI=1S/C32H38F3N5O6/c1-22-15-24(17-25(16-22)32(33,34)35)21-46-31(44)39-9-7-29(42)40-26(18-27(41)36-8-10-37-11-13-45-14-12-37)30(43)38(20-28(39)40)19-23-5-3-2-4-6-23/h2-6,15-17,26,28H,7-14,18-21H2,1H3,(H,36,41)/t26-,28+/m0/s1. The first-order chi connectivity index (χ1) is 22.0. The maximum absolute atomic E-state index is 13.8. The summed E-state index contributed by atoms with van der Waals surface area (Å²) < 4.78 is 50.9. The molecule has 4 amide bonds. The number of halogens is 3. The number of fused-ring (bicyclic) bond motifs is 1. The first kappa shape index (κ1) is 33.2. The van der Waals surface area contributed by atoms with Crippen molar-refractivity contribution in [1.82, 2.24) is 24.9 Å². The first-order valence-electron chi connectivity index (χ1n) is 15.3. The van der Waals surface area contributed by atoms with Crippen LogP contribution in [0, 0.1) is 6.92 Å². The van der Waals surface area contributed by atoms with Gasteiger partial charge in [0.05, 0.1) is 31.7 Å². The molecule has 11 nitrogen and oxygen atoms in total. The van der Waals surface area contributed by atoms with Gasteiger partial charge in [0.25, 0.3) is 0 Å². The minimum Gasteiger partial charge on any atom is -0.444 e. The molecule has 248 valence electrons. The number of benzene rings is 2. The Labute approximate surface area is 265 Å². The van der Waals surface area contributed by atoms with Gasteiger partial charge in [0.2, 0.25) is 17.7 Å². The fourth-order valence-electron chi connectivity index (χ4n) is 6.10. The van der Waals surface area contributed by atoms with Crippen molar-refractivity contribution in [3.63, 3.8) is 0 Å². The highest BCUT2D eigenvalue weighted by Gasteiger charge is 2.49. The zero-order valence-electron chi connectivity index (χ0n) is 25.6. The second kappa shape index (κ2) is 14.5. The van der Waals surface area contributed by atoms with Crippen molar-refractivity contribution in [2.45, 2.75) is 51.3 Å². The number of carbonyl (C=O) groups is 4. The minimum atomic E-state index is -4.56. The molecule has 14 heteroatoms. The lowest BCUT2D eigenvalue weighted by molar-refractivity contribution is -0.169. The van der Waals surface area contributed by atoms with Gasteiger partial charge in [-0.15, -0.1) is 0 Å². The summed E-state index contributed by atoms with van der Waals surface area (Å²) in [5.41, 5.74) is 0.515. The molecule has 0 bridgehead atoms. The van der Waals surface area contributed by atoms with Gasteiger partial charge >= 0.3 is 12.3 Å². The number of morpholine rings is 1. The second-order valence-electron chi connectivity index (χ2n) is 11.7. The van der Waals surface area contributed by atoms with Crippen molar-refractivity contribution < 1.29 is 41.8 Å². The van der Waals surface area contributed by atoms with Crippen LogP contribution in [0.4, 0.5) is 18.0 Å². The number of rotatable bonds is 9. The van der Waals surface area contributed by atoms with E-state index in [1.54, 1.807) is 0 Å². The van der Waals surface area contributed by atoms with E-state index in [1.165, 1.54) is 27.7 Å². The predicted octanol–water partition coefficient (Wildman–Crippen LogP) is 2.76. The summed E-state index contributed by atoms with van der Waals surface area (Å²) in [6.45, 7) is 5.01. The Hall–Kier alpha value is -4.17. The molecule has 2 aromatic rings. The van der Waals surface area contributed by atoms with Crippen molar-refractivity contribution in [3.05, 3.63) is 70.8 Å². The van der Waals surface area contributed by atoms with Gasteiger partial charge in [-0.25, -0.2) is 4.79 Å². The number of alkyl halides is 3. The van der Waals surface area contributed by atoms with E-state index in [-0.39, 0.29) is 43.9 Å². The van der Waals surface area contributed by atoms with Crippen LogP contribution in [0.2, 0.25) is 0 Å². The van der Waals surface area contributed by atoms with E-state index in [2.05, 4.69) is 10.2 Å². The van der Waals surface area contributed by atoms with Crippen LogP contribution in [-0.4, -0.2) is 108 Å². The van der Waals surface area contributed by atoms with E-state index in [1.807, 2.05) is 30.3 Å². The number of hydrogen-bond donors (Lipinski definition) is 1. The lowest BCUT2D eigenvalue weighted by Crippen LogP contribution is -2.71.